The molecule has 4 aromatic rings. The molecule has 4 nitrogen and oxygen atoms in total. The van der Waals surface area contributed by atoms with Gasteiger partial charge in [-0.2, -0.15) is 0 Å². The Morgan fingerprint density at radius 2 is 1.66 bits per heavy atom. The van der Waals surface area contributed by atoms with Gasteiger partial charge in [-0.05, 0) is 42.0 Å². The molecule has 0 atom stereocenters. The van der Waals surface area contributed by atoms with Crippen molar-refractivity contribution in [2.45, 2.75) is 10.9 Å². The summed E-state index contributed by atoms with van der Waals surface area (Å²) in [5.41, 5.74) is 3.03. The van der Waals surface area contributed by atoms with E-state index in [0.29, 0.717) is 15.8 Å². The van der Waals surface area contributed by atoms with Crippen molar-refractivity contribution in [2.24, 2.45) is 0 Å². The number of halogens is 2. The first-order valence-electron chi connectivity index (χ1n) is 8.87. The van der Waals surface area contributed by atoms with Crippen molar-refractivity contribution < 1.29 is 4.74 Å². The summed E-state index contributed by atoms with van der Waals surface area (Å²) in [7, 11) is 1.65. The maximum atomic E-state index is 6.15. The topological polar surface area (TPSA) is 39.9 Å². The van der Waals surface area contributed by atoms with E-state index in [1.807, 2.05) is 72.8 Å². The van der Waals surface area contributed by atoms with Gasteiger partial charge < -0.3 is 4.74 Å². The van der Waals surface area contributed by atoms with Crippen molar-refractivity contribution in [3.63, 3.8) is 0 Å². The lowest BCUT2D eigenvalue weighted by atomic mass is 10.2. The molecule has 0 saturated carbocycles. The Kier molecular flexibility index (Phi) is 6.09. The molecule has 0 aliphatic carbocycles. The highest BCUT2D eigenvalue weighted by Gasteiger charge is 2.16. The van der Waals surface area contributed by atoms with Crippen LogP contribution in [0.25, 0.3) is 17.1 Å². The van der Waals surface area contributed by atoms with Crippen LogP contribution >= 0.6 is 35.0 Å². The molecule has 146 valence electrons. The zero-order chi connectivity index (χ0) is 20.2. The van der Waals surface area contributed by atoms with E-state index >= 15 is 0 Å². The van der Waals surface area contributed by atoms with Crippen LogP contribution in [0.15, 0.2) is 78.0 Å². The summed E-state index contributed by atoms with van der Waals surface area (Å²) in [5.74, 6) is 2.28. The van der Waals surface area contributed by atoms with Crippen LogP contribution in [0.5, 0.6) is 5.75 Å². The maximum Gasteiger partial charge on any atom is 0.196 e. The monoisotopic (exact) mass is 441 g/mol. The summed E-state index contributed by atoms with van der Waals surface area (Å²) in [6.07, 6.45) is 0. The van der Waals surface area contributed by atoms with E-state index in [1.165, 1.54) is 0 Å². The molecular weight excluding hydrogens is 425 g/mol. The van der Waals surface area contributed by atoms with Crippen molar-refractivity contribution in [3.8, 4) is 22.8 Å². The fourth-order valence-electron chi connectivity index (χ4n) is 2.88. The minimum Gasteiger partial charge on any atom is -0.497 e. The number of rotatable bonds is 6. The number of methoxy groups -OCH3 is 1. The molecule has 0 N–H and O–H groups in total. The molecule has 3 aromatic carbocycles. The van der Waals surface area contributed by atoms with Gasteiger partial charge in [0, 0.05) is 17.0 Å². The zero-order valence-corrected chi connectivity index (χ0v) is 17.9. The van der Waals surface area contributed by atoms with E-state index in [1.54, 1.807) is 18.9 Å². The lowest BCUT2D eigenvalue weighted by Crippen LogP contribution is -2.00. The highest BCUT2D eigenvalue weighted by atomic mass is 35.5. The van der Waals surface area contributed by atoms with E-state index in [2.05, 4.69) is 14.8 Å². The molecule has 0 bridgehead atoms. The molecule has 0 aliphatic rings. The Hall–Kier alpha value is -2.47. The third-order valence-electron chi connectivity index (χ3n) is 4.35. The number of aromatic nitrogens is 3. The molecule has 7 heteroatoms. The second-order valence-corrected chi connectivity index (χ2v) is 8.00. The predicted octanol–water partition coefficient (Wildman–Crippen LogP) is 6.54. The van der Waals surface area contributed by atoms with Crippen LogP contribution in [0.2, 0.25) is 10.0 Å². The molecule has 0 spiro atoms. The van der Waals surface area contributed by atoms with Crippen molar-refractivity contribution in [2.75, 3.05) is 7.11 Å². The minimum absolute atomic E-state index is 0.548. The zero-order valence-electron chi connectivity index (χ0n) is 15.5. The Balaban J connectivity index is 1.71. The van der Waals surface area contributed by atoms with Gasteiger partial charge >= 0.3 is 0 Å². The van der Waals surface area contributed by atoms with Crippen LogP contribution in [0.1, 0.15) is 5.56 Å². The van der Waals surface area contributed by atoms with Gasteiger partial charge in [0.2, 0.25) is 0 Å². The second-order valence-electron chi connectivity index (χ2n) is 6.24. The molecule has 0 fully saturated rings. The minimum atomic E-state index is 0.548. The average molecular weight is 442 g/mol. The van der Waals surface area contributed by atoms with Crippen LogP contribution in [0.4, 0.5) is 0 Å². The van der Waals surface area contributed by atoms with Gasteiger partial charge in [0.15, 0.2) is 11.0 Å². The van der Waals surface area contributed by atoms with E-state index in [-0.39, 0.29) is 0 Å². The van der Waals surface area contributed by atoms with Crippen LogP contribution in [-0.4, -0.2) is 21.9 Å². The third-order valence-corrected chi connectivity index (χ3v) is 6.09. The Labute approximate surface area is 183 Å². The highest BCUT2D eigenvalue weighted by Crippen LogP contribution is 2.31. The van der Waals surface area contributed by atoms with Crippen molar-refractivity contribution in [1.82, 2.24) is 14.8 Å². The summed E-state index contributed by atoms with van der Waals surface area (Å²) >= 11 is 13.8. The fourth-order valence-corrected chi connectivity index (χ4v) is 4.09. The van der Waals surface area contributed by atoms with Crippen molar-refractivity contribution >= 4 is 35.0 Å². The van der Waals surface area contributed by atoms with Crippen molar-refractivity contribution in [3.05, 3.63) is 88.4 Å². The predicted molar refractivity (Wildman–Crippen MR) is 119 cm³/mol. The number of hydrogen-bond acceptors (Lipinski definition) is 4. The molecule has 1 heterocycles. The molecular formula is C22H17Cl2N3OS. The van der Waals surface area contributed by atoms with Gasteiger partial charge in [0.05, 0.1) is 17.2 Å². The van der Waals surface area contributed by atoms with E-state index in [0.717, 1.165) is 33.5 Å². The van der Waals surface area contributed by atoms with Crippen molar-refractivity contribution in [1.29, 1.82) is 0 Å². The standard InChI is InChI=1S/C22H17Cl2N3OS/c1-28-18-10-8-17(9-11-18)27-21(16-5-3-2-4-6-16)25-26-22(27)29-14-15-7-12-19(23)20(24)13-15/h2-13H,14H2,1H3. The molecule has 0 radical (unpaired) electrons. The second kappa shape index (κ2) is 8.91. The van der Waals surface area contributed by atoms with E-state index in [4.69, 9.17) is 27.9 Å². The molecule has 0 amide bonds. The van der Waals surface area contributed by atoms with Gasteiger partial charge in [0.1, 0.15) is 5.75 Å². The lowest BCUT2D eigenvalue weighted by molar-refractivity contribution is 0.414. The number of ether oxygens (including phenoxy) is 1. The largest absolute Gasteiger partial charge is 0.497 e. The number of hydrogen-bond donors (Lipinski definition) is 0. The van der Waals surface area contributed by atoms with Crippen LogP contribution < -0.4 is 4.74 Å². The highest BCUT2D eigenvalue weighted by molar-refractivity contribution is 7.98. The smallest absolute Gasteiger partial charge is 0.196 e. The first-order valence-corrected chi connectivity index (χ1v) is 10.6. The number of nitrogens with zero attached hydrogens (tertiary/aromatic N) is 3. The first kappa shape index (κ1) is 19.8. The maximum absolute atomic E-state index is 6.15. The first-order chi connectivity index (χ1) is 14.2. The normalized spacial score (nSPS) is 10.9. The molecule has 29 heavy (non-hydrogen) atoms. The Bertz CT molecular complexity index is 1110. The quantitative estimate of drug-likeness (QED) is 0.318. The summed E-state index contributed by atoms with van der Waals surface area (Å²) in [5, 5.41) is 10.8. The van der Waals surface area contributed by atoms with Crippen LogP contribution in [-0.2, 0) is 5.75 Å². The Morgan fingerprint density at radius 1 is 0.897 bits per heavy atom. The van der Waals surface area contributed by atoms with Gasteiger partial charge in [-0.3, -0.25) is 4.57 Å². The molecule has 0 saturated heterocycles. The molecule has 4 rings (SSSR count). The van der Waals surface area contributed by atoms with Gasteiger partial charge in [0.25, 0.3) is 0 Å². The SMILES string of the molecule is COc1ccc(-n2c(SCc3ccc(Cl)c(Cl)c3)nnc2-c2ccccc2)cc1. The summed E-state index contributed by atoms with van der Waals surface area (Å²) in [4.78, 5) is 0. The van der Waals surface area contributed by atoms with E-state index < -0.39 is 0 Å². The van der Waals surface area contributed by atoms with E-state index in [9.17, 15) is 0 Å². The number of thioether (sulfide) groups is 1. The summed E-state index contributed by atoms with van der Waals surface area (Å²) in [6.45, 7) is 0. The van der Waals surface area contributed by atoms with Gasteiger partial charge in [-0.1, -0.05) is 71.4 Å². The fraction of sp³-hybridized carbons (Fsp3) is 0.0909. The third kappa shape index (κ3) is 4.42. The summed E-state index contributed by atoms with van der Waals surface area (Å²) < 4.78 is 7.34. The average Bonchev–Trinajstić information content (AvgIpc) is 3.19. The van der Waals surface area contributed by atoms with Gasteiger partial charge in [-0.25, -0.2) is 0 Å². The lowest BCUT2D eigenvalue weighted by Gasteiger charge is -2.11. The molecule has 1 aromatic heterocycles. The molecule has 0 aliphatic heterocycles. The molecule has 0 unspecified atom stereocenters. The summed E-state index contributed by atoms with van der Waals surface area (Å²) in [6, 6.07) is 23.5. The van der Waals surface area contributed by atoms with Crippen LogP contribution in [0, 0.1) is 0 Å². The van der Waals surface area contributed by atoms with Gasteiger partial charge in [-0.15, -0.1) is 10.2 Å². The Morgan fingerprint density at radius 3 is 2.34 bits per heavy atom. The number of benzene rings is 3. The van der Waals surface area contributed by atoms with Crippen LogP contribution in [0.3, 0.4) is 0 Å².